The van der Waals surface area contributed by atoms with Gasteiger partial charge in [-0.3, -0.25) is 0 Å². The van der Waals surface area contributed by atoms with E-state index in [-0.39, 0.29) is 51.4 Å². The summed E-state index contributed by atoms with van der Waals surface area (Å²) in [4.78, 5) is 0. The molecule has 0 nitrogen and oxygen atoms in total. The van der Waals surface area contributed by atoms with Crippen molar-refractivity contribution in [3.63, 3.8) is 0 Å². The molecule has 0 fully saturated rings. The molecule has 0 saturated heterocycles. The molecule has 1 rings (SSSR count). The molecule has 6 heteroatoms. The first-order chi connectivity index (χ1) is 7.18. The molecule has 0 bridgehead atoms. The van der Waals surface area contributed by atoms with Crippen molar-refractivity contribution in [3.8, 4) is 11.5 Å². The molecular formula is C11H13BF3KSi. The molecule has 0 aliphatic heterocycles. The van der Waals surface area contributed by atoms with E-state index in [1.807, 2.05) is 0 Å². The molecule has 1 aromatic carbocycles. The van der Waals surface area contributed by atoms with Crippen molar-refractivity contribution in [2.24, 2.45) is 0 Å². The second-order valence-electron chi connectivity index (χ2n) is 4.70. The van der Waals surface area contributed by atoms with E-state index >= 15 is 0 Å². The molecule has 0 saturated carbocycles. The summed E-state index contributed by atoms with van der Waals surface area (Å²) in [5, 5.41) is 0. The summed E-state index contributed by atoms with van der Waals surface area (Å²) in [7, 11) is -1.47. The fourth-order valence-electron chi connectivity index (χ4n) is 1.04. The van der Waals surface area contributed by atoms with Crippen LogP contribution in [0, 0.1) is 11.5 Å². The zero-order valence-electron chi connectivity index (χ0n) is 10.5. The second kappa shape index (κ2) is 6.60. The fraction of sp³-hybridized carbons (Fsp3) is 0.273. The molecule has 0 aliphatic carbocycles. The number of hydrogen-bond donors (Lipinski definition) is 0. The van der Waals surface area contributed by atoms with Crippen LogP contribution in [0.25, 0.3) is 0 Å². The maximum atomic E-state index is 12.3. The Morgan fingerprint density at radius 1 is 1.00 bits per heavy atom. The van der Waals surface area contributed by atoms with Gasteiger partial charge in [0.15, 0.2) is 0 Å². The quantitative estimate of drug-likeness (QED) is 0.501. The van der Waals surface area contributed by atoms with Gasteiger partial charge in [-0.1, -0.05) is 37.7 Å². The summed E-state index contributed by atoms with van der Waals surface area (Å²) < 4.78 is 37.0. The Kier molecular flexibility index (Phi) is 6.79. The summed E-state index contributed by atoms with van der Waals surface area (Å²) in [5.74, 6) is 2.91. The summed E-state index contributed by atoms with van der Waals surface area (Å²) in [6, 6.07) is 5.04. The van der Waals surface area contributed by atoms with Crippen molar-refractivity contribution in [1.82, 2.24) is 0 Å². The average molecular weight is 280 g/mol. The molecule has 0 aliphatic rings. The molecule has 0 spiro atoms. The van der Waals surface area contributed by atoms with Gasteiger partial charge in [-0.15, -0.1) is 11.0 Å². The average Bonchev–Trinajstić information content (AvgIpc) is 2.13. The third-order valence-electron chi connectivity index (χ3n) is 1.87. The molecule has 86 valence electrons. The zero-order chi connectivity index (χ0) is 12.4. The van der Waals surface area contributed by atoms with Gasteiger partial charge in [-0.25, -0.2) is 0 Å². The molecule has 0 aromatic heterocycles. The minimum absolute atomic E-state index is 0. The fourth-order valence-corrected chi connectivity index (χ4v) is 1.56. The van der Waals surface area contributed by atoms with Crippen LogP contribution < -0.4 is 56.8 Å². The number of halogens is 3. The molecule has 0 N–H and O–H groups in total. The SMILES string of the molecule is C[Si](C)(C)C#Cc1ccc([B-](F)(F)F)cc1.[K+]. The van der Waals surface area contributed by atoms with Gasteiger partial charge >= 0.3 is 58.4 Å². The molecule has 0 atom stereocenters. The maximum absolute atomic E-state index is 12.3. The van der Waals surface area contributed by atoms with Crippen LogP contribution in [0.15, 0.2) is 24.3 Å². The number of hydrogen-bond acceptors (Lipinski definition) is 0. The molecule has 0 amide bonds. The Labute approximate surface area is 144 Å². The Bertz CT molecular complexity index is 423. The van der Waals surface area contributed by atoms with Gasteiger partial charge in [0.25, 0.3) is 0 Å². The Hall–Kier alpha value is 0.488. The molecule has 0 heterocycles. The molecular weight excluding hydrogens is 267 g/mol. The molecule has 1 aromatic rings. The minimum Gasteiger partial charge on any atom is -0.445 e. The first-order valence-corrected chi connectivity index (χ1v) is 8.51. The maximum Gasteiger partial charge on any atom is 1.00 e. The van der Waals surface area contributed by atoms with Gasteiger partial charge in [-0.05, 0) is 12.1 Å². The van der Waals surface area contributed by atoms with Gasteiger partial charge in [0.1, 0.15) is 8.07 Å². The first kappa shape index (κ1) is 17.5. The van der Waals surface area contributed by atoms with E-state index in [0.29, 0.717) is 5.56 Å². The van der Waals surface area contributed by atoms with Gasteiger partial charge in [0.05, 0.1) is 0 Å². The summed E-state index contributed by atoms with van der Waals surface area (Å²) in [5.41, 5.74) is 3.18. The third kappa shape index (κ3) is 6.84. The van der Waals surface area contributed by atoms with Crippen LogP contribution >= 0.6 is 0 Å². The monoisotopic (exact) mass is 280 g/mol. The van der Waals surface area contributed by atoms with Gasteiger partial charge in [0, 0.05) is 5.56 Å². The smallest absolute Gasteiger partial charge is 0.445 e. The molecule has 0 radical (unpaired) electrons. The van der Waals surface area contributed by atoms with Crippen LogP contribution in [-0.2, 0) is 0 Å². The van der Waals surface area contributed by atoms with Gasteiger partial charge in [-0.2, -0.15) is 0 Å². The van der Waals surface area contributed by atoms with Crippen molar-refractivity contribution in [2.45, 2.75) is 19.6 Å². The summed E-state index contributed by atoms with van der Waals surface area (Å²) in [6.07, 6.45) is 0. The van der Waals surface area contributed by atoms with Crippen LogP contribution in [0.2, 0.25) is 19.6 Å². The summed E-state index contributed by atoms with van der Waals surface area (Å²) >= 11 is 0. The molecule has 17 heavy (non-hydrogen) atoms. The Morgan fingerprint density at radius 2 is 1.47 bits per heavy atom. The van der Waals surface area contributed by atoms with E-state index in [1.165, 1.54) is 12.1 Å². The van der Waals surface area contributed by atoms with Crippen molar-refractivity contribution >= 4 is 20.5 Å². The van der Waals surface area contributed by atoms with Crippen molar-refractivity contribution in [1.29, 1.82) is 0 Å². The third-order valence-corrected chi connectivity index (χ3v) is 2.75. The zero-order valence-corrected chi connectivity index (χ0v) is 14.6. The van der Waals surface area contributed by atoms with Crippen LogP contribution in [0.4, 0.5) is 12.9 Å². The predicted octanol–water partition coefficient (Wildman–Crippen LogP) is -0.0261. The summed E-state index contributed by atoms with van der Waals surface area (Å²) in [6.45, 7) is 1.38. The van der Waals surface area contributed by atoms with Gasteiger partial charge < -0.3 is 12.9 Å². The molecule has 0 unspecified atom stereocenters. The van der Waals surface area contributed by atoms with E-state index in [4.69, 9.17) is 0 Å². The normalized spacial score (nSPS) is 11.2. The van der Waals surface area contributed by atoms with Crippen molar-refractivity contribution in [3.05, 3.63) is 29.8 Å². The predicted molar refractivity (Wildman–Crippen MR) is 65.4 cm³/mol. The van der Waals surface area contributed by atoms with Crippen LogP contribution in [0.5, 0.6) is 0 Å². The first-order valence-electron chi connectivity index (χ1n) is 5.01. The second-order valence-corrected chi connectivity index (χ2v) is 9.45. The van der Waals surface area contributed by atoms with E-state index in [2.05, 4.69) is 31.1 Å². The number of rotatable bonds is 1. The van der Waals surface area contributed by atoms with Gasteiger partial charge in [0.2, 0.25) is 0 Å². The van der Waals surface area contributed by atoms with E-state index < -0.39 is 20.5 Å². The number of benzene rings is 1. The van der Waals surface area contributed by atoms with Crippen LogP contribution in [-0.4, -0.2) is 15.1 Å². The van der Waals surface area contributed by atoms with Crippen LogP contribution in [0.1, 0.15) is 5.56 Å². The standard InChI is InChI=1S/C11H13BF3Si.K/c1-16(2,3)9-8-10-4-6-11(7-5-10)12(13,14)15;/h4-7H,1-3H3;/q-1;+1. The van der Waals surface area contributed by atoms with Crippen molar-refractivity contribution < 1.29 is 64.3 Å². The Balaban J connectivity index is 0.00000256. The van der Waals surface area contributed by atoms with E-state index in [9.17, 15) is 12.9 Å². The largest absolute Gasteiger partial charge is 1.00 e. The van der Waals surface area contributed by atoms with E-state index in [1.54, 1.807) is 0 Å². The van der Waals surface area contributed by atoms with Crippen LogP contribution in [0.3, 0.4) is 0 Å². The minimum atomic E-state index is -4.90. The topological polar surface area (TPSA) is 0 Å². The Morgan fingerprint density at radius 3 is 1.82 bits per heavy atom. The van der Waals surface area contributed by atoms with Crippen molar-refractivity contribution in [2.75, 3.05) is 0 Å². The van der Waals surface area contributed by atoms with E-state index in [0.717, 1.165) is 12.1 Å².